The van der Waals surface area contributed by atoms with E-state index in [-0.39, 0.29) is 17.5 Å². The second-order valence-electron chi connectivity index (χ2n) is 4.69. The van der Waals surface area contributed by atoms with Crippen molar-refractivity contribution in [3.05, 3.63) is 28.2 Å². The summed E-state index contributed by atoms with van der Waals surface area (Å²) < 4.78 is 22.9. The van der Waals surface area contributed by atoms with Crippen LogP contribution in [0.3, 0.4) is 0 Å². The van der Waals surface area contributed by atoms with Gasteiger partial charge in [-0.25, -0.2) is 13.2 Å². The Balaban J connectivity index is 2.09. The minimum Gasteiger partial charge on any atom is -0.324 e. The predicted molar refractivity (Wildman–Crippen MR) is 80.3 cm³/mol. The van der Waals surface area contributed by atoms with E-state index in [2.05, 4.69) is 5.32 Å². The molecule has 1 unspecified atom stereocenters. The molecule has 5 nitrogen and oxygen atoms in total. The lowest BCUT2D eigenvalue weighted by Crippen LogP contribution is -2.40. The molecule has 0 saturated carbocycles. The first-order valence-corrected chi connectivity index (χ1v) is 8.56. The summed E-state index contributed by atoms with van der Waals surface area (Å²) in [6.45, 7) is 0. The molecular weight excluding hydrogens is 323 g/mol. The quantitative estimate of drug-likeness (QED) is 0.902. The summed E-state index contributed by atoms with van der Waals surface area (Å²) in [7, 11) is -1.48. The second-order valence-corrected chi connectivity index (χ2v) is 7.74. The summed E-state index contributed by atoms with van der Waals surface area (Å²) in [6, 6.07) is 4.16. The number of anilines is 1. The average molecular weight is 337 g/mol. The van der Waals surface area contributed by atoms with E-state index in [1.165, 1.54) is 4.90 Å². The van der Waals surface area contributed by atoms with Crippen molar-refractivity contribution in [3.8, 4) is 0 Å². The Bertz CT molecular complexity index is 613. The molecule has 110 valence electrons. The van der Waals surface area contributed by atoms with E-state index in [1.807, 2.05) is 0 Å². The molecule has 20 heavy (non-hydrogen) atoms. The van der Waals surface area contributed by atoms with Crippen LogP contribution in [0.2, 0.25) is 10.0 Å². The van der Waals surface area contributed by atoms with E-state index in [1.54, 1.807) is 25.2 Å². The number of para-hydroxylation sites is 1. The van der Waals surface area contributed by atoms with Crippen LogP contribution in [-0.2, 0) is 9.84 Å². The molecule has 1 atom stereocenters. The summed E-state index contributed by atoms with van der Waals surface area (Å²) >= 11 is 11.9. The number of sulfone groups is 1. The fourth-order valence-electron chi connectivity index (χ4n) is 2.06. The molecule has 2 rings (SSSR count). The monoisotopic (exact) mass is 336 g/mol. The van der Waals surface area contributed by atoms with Gasteiger partial charge in [0.2, 0.25) is 0 Å². The number of benzene rings is 1. The van der Waals surface area contributed by atoms with Gasteiger partial charge in [-0.05, 0) is 18.6 Å². The molecule has 1 aliphatic rings. The summed E-state index contributed by atoms with van der Waals surface area (Å²) in [5.41, 5.74) is 0.327. The number of carbonyl (C=O) groups is 1. The minimum atomic E-state index is -3.04. The van der Waals surface area contributed by atoms with E-state index in [0.29, 0.717) is 22.2 Å². The van der Waals surface area contributed by atoms with Gasteiger partial charge in [0, 0.05) is 13.1 Å². The molecule has 1 fully saturated rings. The normalized spacial score (nSPS) is 20.6. The number of urea groups is 1. The van der Waals surface area contributed by atoms with Crippen LogP contribution < -0.4 is 5.32 Å². The van der Waals surface area contributed by atoms with Gasteiger partial charge in [-0.2, -0.15) is 0 Å². The highest BCUT2D eigenvalue weighted by Gasteiger charge is 2.33. The van der Waals surface area contributed by atoms with E-state index in [4.69, 9.17) is 23.2 Å². The zero-order chi connectivity index (χ0) is 14.9. The largest absolute Gasteiger partial charge is 0.324 e. The molecule has 1 aromatic carbocycles. The standard InChI is InChI=1S/C12H14Cl2N2O3S/c1-16(8-5-6-20(18,19)7-8)12(17)15-11-9(13)3-2-4-10(11)14/h2-4,8H,5-7H2,1H3,(H,15,17). The molecule has 2 amide bonds. The summed E-state index contributed by atoms with van der Waals surface area (Å²) in [4.78, 5) is 13.5. The van der Waals surface area contributed by atoms with Crippen molar-refractivity contribution in [2.75, 3.05) is 23.9 Å². The maximum atomic E-state index is 12.1. The summed E-state index contributed by atoms with van der Waals surface area (Å²) in [5, 5.41) is 3.27. The van der Waals surface area contributed by atoms with Gasteiger partial charge in [0.1, 0.15) is 0 Å². The molecule has 1 heterocycles. The van der Waals surface area contributed by atoms with Crippen molar-refractivity contribution >= 4 is 44.8 Å². The highest BCUT2D eigenvalue weighted by atomic mass is 35.5. The van der Waals surface area contributed by atoms with E-state index in [0.717, 1.165) is 0 Å². The summed E-state index contributed by atoms with van der Waals surface area (Å²) in [6.07, 6.45) is 0.447. The Morgan fingerprint density at radius 3 is 2.45 bits per heavy atom. The SMILES string of the molecule is CN(C(=O)Nc1c(Cl)cccc1Cl)C1CCS(=O)(=O)C1. The van der Waals surface area contributed by atoms with Crippen molar-refractivity contribution in [1.82, 2.24) is 4.90 Å². The predicted octanol–water partition coefficient (Wildman–Crippen LogP) is 2.64. The fourth-order valence-corrected chi connectivity index (χ4v) is 4.33. The Kier molecular flexibility index (Phi) is 4.46. The van der Waals surface area contributed by atoms with Gasteiger partial charge in [-0.3, -0.25) is 0 Å². The maximum absolute atomic E-state index is 12.1. The lowest BCUT2D eigenvalue weighted by Gasteiger charge is -2.24. The van der Waals surface area contributed by atoms with Crippen LogP contribution in [0.25, 0.3) is 0 Å². The van der Waals surface area contributed by atoms with Gasteiger partial charge >= 0.3 is 6.03 Å². The van der Waals surface area contributed by atoms with Gasteiger partial charge in [0.05, 0.1) is 27.2 Å². The van der Waals surface area contributed by atoms with Crippen molar-refractivity contribution in [3.63, 3.8) is 0 Å². The third-order valence-corrected chi connectivity index (χ3v) is 5.65. The first-order chi connectivity index (χ1) is 9.30. The fraction of sp³-hybridized carbons (Fsp3) is 0.417. The van der Waals surface area contributed by atoms with E-state index in [9.17, 15) is 13.2 Å². The third kappa shape index (κ3) is 3.37. The van der Waals surface area contributed by atoms with Gasteiger partial charge in [-0.15, -0.1) is 0 Å². The zero-order valence-corrected chi connectivity index (χ0v) is 13.1. The maximum Gasteiger partial charge on any atom is 0.321 e. The zero-order valence-electron chi connectivity index (χ0n) is 10.8. The van der Waals surface area contributed by atoms with Crippen LogP contribution in [0.4, 0.5) is 10.5 Å². The minimum absolute atomic E-state index is 0.00677. The molecule has 0 bridgehead atoms. The highest BCUT2D eigenvalue weighted by Crippen LogP contribution is 2.30. The number of amides is 2. The van der Waals surface area contributed by atoms with Gasteiger partial charge < -0.3 is 10.2 Å². The first kappa shape index (κ1) is 15.4. The van der Waals surface area contributed by atoms with Crippen molar-refractivity contribution < 1.29 is 13.2 Å². The number of hydrogen-bond donors (Lipinski definition) is 1. The number of rotatable bonds is 2. The molecule has 0 radical (unpaired) electrons. The highest BCUT2D eigenvalue weighted by molar-refractivity contribution is 7.91. The smallest absolute Gasteiger partial charge is 0.321 e. The molecule has 1 saturated heterocycles. The van der Waals surface area contributed by atoms with E-state index < -0.39 is 15.9 Å². The number of hydrogen-bond acceptors (Lipinski definition) is 3. The van der Waals surface area contributed by atoms with Crippen molar-refractivity contribution in [2.45, 2.75) is 12.5 Å². The molecular formula is C12H14Cl2N2O3S. The molecule has 8 heteroatoms. The van der Waals surface area contributed by atoms with Crippen molar-refractivity contribution in [2.24, 2.45) is 0 Å². The van der Waals surface area contributed by atoms with Gasteiger partial charge in [0.25, 0.3) is 0 Å². The Labute approximate surface area is 127 Å². The molecule has 1 aromatic rings. The number of nitrogens with one attached hydrogen (secondary N) is 1. The topological polar surface area (TPSA) is 66.5 Å². The Morgan fingerprint density at radius 1 is 1.35 bits per heavy atom. The molecule has 0 spiro atoms. The first-order valence-electron chi connectivity index (χ1n) is 5.98. The van der Waals surface area contributed by atoms with E-state index >= 15 is 0 Å². The van der Waals surface area contributed by atoms with Crippen LogP contribution >= 0.6 is 23.2 Å². The Morgan fingerprint density at radius 2 is 1.95 bits per heavy atom. The van der Waals surface area contributed by atoms with Crippen LogP contribution in [0, 0.1) is 0 Å². The van der Waals surface area contributed by atoms with Crippen LogP contribution in [0.5, 0.6) is 0 Å². The Hall–Kier alpha value is -0.980. The summed E-state index contributed by atoms with van der Waals surface area (Å²) in [5.74, 6) is 0.106. The molecule has 0 aromatic heterocycles. The number of nitrogens with zero attached hydrogens (tertiary/aromatic N) is 1. The molecule has 0 aliphatic carbocycles. The van der Waals surface area contributed by atoms with Gasteiger partial charge in [0.15, 0.2) is 9.84 Å². The van der Waals surface area contributed by atoms with Crippen LogP contribution in [0.1, 0.15) is 6.42 Å². The lowest BCUT2D eigenvalue weighted by molar-refractivity contribution is 0.209. The second kappa shape index (κ2) is 5.79. The number of carbonyl (C=O) groups excluding carboxylic acids is 1. The lowest BCUT2D eigenvalue weighted by atomic mass is 10.2. The number of halogens is 2. The van der Waals surface area contributed by atoms with Crippen molar-refractivity contribution in [1.29, 1.82) is 0 Å². The van der Waals surface area contributed by atoms with Gasteiger partial charge in [-0.1, -0.05) is 29.3 Å². The van der Waals surface area contributed by atoms with Crippen LogP contribution in [-0.4, -0.2) is 43.9 Å². The third-order valence-electron chi connectivity index (χ3n) is 3.27. The molecule has 1 N–H and O–H groups in total. The van der Waals surface area contributed by atoms with Crippen LogP contribution in [0.15, 0.2) is 18.2 Å². The molecule has 1 aliphatic heterocycles. The average Bonchev–Trinajstić information content (AvgIpc) is 2.73.